The summed E-state index contributed by atoms with van der Waals surface area (Å²) in [4.78, 5) is 27.6. The van der Waals surface area contributed by atoms with Crippen LogP contribution in [0, 0.1) is 20.2 Å². The summed E-state index contributed by atoms with van der Waals surface area (Å²) in [6.07, 6.45) is 0. The molecule has 0 aliphatic carbocycles. The highest BCUT2D eigenvalue weighted by Crippen LogP contribution is 2.31. The van der Waals surface area contributed by atoms with Crippen LogP contribution in [0.2, 0.25) is 0 Å². The fourth-order valence-electron chi connectivity index (χ4n) is 2.06. The largest absolute Gasteiger partial charge is 0.338 e. The number of aromatic amines is 1. The second kappa shape index (κ2) is 4.67. The standard InChI is InChI=1S/C13H8N4O4/c18-16(19)9-6-10-12(11(7-9)17(20)21)15-13(14-10)8-4-2-1-3-5-8/h1-7H,(H,14,15). The van der Waals surface area contributed by atoms with Crippen LogP contribution in [0.15, 0.2) is 42.5 Å². The zero-order valence-electron chi connectivity index (χ0n) is 10.5. The number of nitrogens with one attached hydrogen (secondary N) is 1. The summed E-state index contributed by atoms with van der Waals surface area (Å²) in [5.41, 5.74) is 0.361. The number of non-ortho nitro benzene ring substituents is 2. The molecule has 8 heteroatoms. The van der Waals surface area contributed by atoms with Crippen LogP contribution >= 0.6 is 0 Å². The average Bonchev–Trinajstić information content (AvgIpc) is 2.90. The monoisotopic (exact) mass is 284 g/mol. The van der Waals surface area contributed by atoms with Gasteiger partial charge in [0, 0.05) is 11.6 Å². The Hall–Kier alpha value is -3.29. The lowest BCUT2D eigenvalue weighted by atomic mass is 10.2. The summed E-state index contributed by atoms with van der Waals surface area (Å²) in [6.45, 7) is 0. The molecule has 0 unspecified atom stereocenters. The van der Waals surface area contributed by atoms with Crippen molar-refractivity contribution in [3.05, 3.63) is 62.7 Å². The fourth-order valence-corrected chi connectivity index (χ4v) is 2.06. The van der Waals surface area contributed by atoms with Gasteiger partial charge in [0.25, 0.3) is 5.69 Å². The number of nitro benzene ring substituents is 2. The highest BCUT2D eigenvalue weighted by atomic mass is 16.6. The Morgan fingerprint density at radius 2 is 1.71 bits per heavy atom. The molecule has 0 aliphatic heterocycles. The van der Waals surface area contributed by atoms with Crippen LogP contribution in [0.5, 0.6) is 0 Å². The maximum Gasteiger partial charge on any atom is 0.303 e. The lowest BCUT2D eigenvalue weighted by molar-refractivity contribution is -0.393. The SMILES string of the molecule is O=[N+]([O-])c1cc([N+](=O)[O-])c2nc(-c3ccccc3)[nH]c2c1. The quantitative estimate of drug-likeness (QED) is 0.586. The third kappa shape index (κ3) is 2.18. The molecule has 104 valence electrons. The minimum absolute atomic E-state index is 0.101. The van der Waals surface area contributed by atoms with E-state index in [0.29, 0.717) is 5.82 Å². The van der Waals surface area contributed by atoms with Gasteiger partial charge >= 0.3 is 5.69 Å². The summed E-state index contributed by atoms with van der Waals surface area (Å²) in [5.74, 6) is 0.425. The highest BCUT2D eigenvalue weighted by molar-refractivity contribution is 5.89. The van der Waals surface area contributed by atoms with Crippen molar-refractivity contribution in [3.63, 3.8) is 0 Å². The highest BCUT2D eigenvalue weighted by Gasteiger charge is 2.22. The molecule has 21 heavy (non-hydrogen) atoms. The molecule has 0 bridgehead atoms. The van der Waals surface area contributed by atoms with Crippen LogP contribution in [-0.2, 0) is 0 Å². The third-order valence-electron chi connectivity index (χ3n) is 3.01. The Morgan fingerprint density at radius 1 is 1.00 bits per heavy atom. The van der Waals surface area contributed by atoms with Crippen LogP contribution in [0.4, 0.5) is 11.4 Å². The Kier molecular flexibility index (Phi) is 2.83. The summed E-state index contributed by atoms with van der Waals surface area (Å²) < 4.78 is 0. The second-order valence-corrected chi connectivity index (χ2v) is 4.33. The van der Waals surface area contributed by atoms with Crippen molar-refractivity contribution in [1.82, 2.24) is 9.97 Å². The topological polar surface area (TPSA) is 115 Å². The molecule has 0 fully saturated rings. The molecule has 0 aliphatic rings. The Balaban J connectivity index is 2.27. The normalized spacial score (nSPS) is 10.7. The zero-order chi connectivity index (χ0) is 15.0. The molecule has 0 saturated heterocycles. The maximum absolute atomic E-state index is 11.1. The number of hydrogen-bond acceptors (Lipinski definition) is 5. The number of H-pyrrole nitrogens is 1. The number of benzene rings is 2. The van der Waals surface area contributed by atoms with Gasteiger partial charge in [0.1, 0.15) is 5.82 Å². The van der Waals surface area contributed by atoms with Crippen LogP contribution in [-0.4, -0.2) is 19.8 Å². The first-order chi connectivity index (χ1) is 10.1. The fraction of sp³-hybridized carbons (Fsp3) is 0. The molecule has 0 atom stereocenters. The van der Waals surface area contributed by atoms with Crippen molar-refractivity contribution in [2.24, 2.45) is 0 Å². The van der Waals surface area contributed by atoms with E-state index < -0.39 is 15.5 Å². The molecule has 0 saturated carbocycles. The van der Waals surface area contributed by atoms with E-state index in [1.54, 1.807) is 24.3 Å². The van der Waals surface area contributed by atoms with Crippen molar-refractivity contribution in [1.29, 1.82) is 0 Å². The number of hydrogen-bond donors (Lipinski definition) is 1. The van der Waals surface area contributed by atoms with Gasteiger partial charge in [0.2, 0.25) is 0 Å². The molecule has 0 amide bonds. The van der Waals surface area contributed by atoms with Crippen molar-refractivity contribution in [3.8, 4) is 11.4 Å². The predicted octanol–water partition coefficient (Wildman–Crippen LogP) is 3.05. The molecule has 1 N–H and O–H groups in total. The second-order valence-electron chi connectivity index (χ2n) is 4.33. The minimum atomic E-state index is -0.676. The molecule has 3 aromatic rings. The Bertz CT molecular complexity index is 857. The van der Waals surface area contributed by atoms with Crippen molar-refractivity contribution >= 4 is 22.4 Å². The van der Waals surface area contributed by atoms with Gasteiger partial charge in [-0.25, -0.2) is 4.98 Å². The van der Waals surface area contributed by atoms with E-state index in [2.05, 4.69) is 9.97 Å². The van der Waals surface area contributed by atoms with Gasteiger partial charge in [-0.05, 0) is 0 Å². The number of imidazole rings is 1. The van der Waals surface area contributed by atoms with Gasteiger partial charge in [0.15, 0.2) is 5.52 Å². The van der Waals surface area contributed by atoms with E-state index in [4.69, 9.17) is 0 Å². The molecular weight excluding hydrogens is 276 g/mol. The lowest BCUT2D eigenvalue weighted by Crippen LogP contribution is -1.93. The maximum atomic E-state index is 11.1. The number of nitro groups is 2. The molecule has 8 nitrogen and oxygen atoms in total. The van der Waals surface area contributed by atoms with Gasteiger partial charge < -0.3 is 4.98 Å². The first-order valence-electron chi connectivity index (χ1n) is 5.94. The predicted molar refractivity (Wildman–Crippen MR) is 74.8 cm³/mol. The summed E-state index contributed by atoms with van der Waals surface area (Å²) in [6, 6.07) is 11.2. The van der Waals surface area contributed by atoms with Crippen LogP contribution < -0.4 is 0 Å². The summed E-state index contributed by atoms with van der Waals surface area (Å²) in [5, 5.41) is 21.9. The molecule has 3 rings (SSSR count). The number of fused-ring (bicyclic) bond motifs is 1. The third-order valence-corrected chi connectivity index (χ3v) is 3.01. The van der Waals surface area contributed by atoms with E-state index in [9.17, 15) is 20.2 Å². The Morgan fingerprint density at radius 3 is 2.33 bits per heavy atom. The van der Waals surface area contributed by atoms with Crippen LogP contribution in [0.3, 0.4) is 0 Å². The molecule has 1 aromatic heterocycles. The van der Waals surface area contributed by atoms with E-state index >= 15 is 0 Å². The summed E-state index contributed by atoms with van der Waals surface area (Å²) >= 11 is 0. The number of rotatable bonds is 3. The van der Waals surface area contributed by atoms with Crippen LogP contribution in [0.25, 0.3) is 22.4 Å². The van der Waals surface area contributed by atoms with Gasteiger partial charge in [0.05, 0.1) is 21.4 Å². The molecular formula is C13H8N4O4. The van der Waals surface area contributed by atoms with Crippen molar-refractivity contribution < 1.29 is 9.85 Å². The molecule has 0 radical (unpaired) electrons. The van der Waals surface area contributed by atoms with Crippen molar-refractivity contribution in [2.45, 2.75) is 0 Å². The van der Waals surface area contributed by atoms with Crippen LogP contribution in [0.1, 0.15) is 0 Å². The van der Waals surface area contributed by atoms with Gasteiger partial charge in [-0.2, -0.15) is 0 Å². The van der Waals surface area contributed by atoms with E-state index in [0.717, 1.165) is 11.6 Å². The lowest BCUT2D eigenvalue weighted by Gasteiger charge is -1.93. The van der Waals surface area contributed by atoms with E-state index in [-0.39, 0.29) is 16.7 Å². The number of nitrogens with zero attached hydrogens (tertiary/aromatic N) is 3. The van der Waals surface area contributed by atoms with E-state index in [1.807, 2.05) is 6.07 Å². The first kappa shape index (κ1) is 12.7. The first-order valence-corrected chi connectivity index (χ1v) is 5.94. The zero-order valence-corrected chi connectivity index (χ0v) is 10.5. The van der Waals surface area contributed by atoms with Gasteiger partial charge in [-0.3, -0.25) is 20.2 Å². The number of aromatic nitrogens is 2. The smallest absolute Gasteiger partial charge is 0.303 e. The summed E-state index contributed by atoms with van der Waals surface area (Å²) in [7, 11) is 0. The molecule has 0 spiro atoms. The van der Waals surface area contributed by atoms with Crippen molar-refractivity contribution in [2.75, 3.05) is 0 Å². The van der Waals surface area contributed by atoms with Gasteiger partial charge in [-0.15, -0.1) is 0 Å². The average molecular weight is 284 g/mol. The molecule has 2 aromatic carbocycles. The van der Waals surface area contributed by atoms with E-state index in [1.165, 1.54) is 6.07 Å². The van der Waals surface area contributed by atoms with Gasteiger partial charge in [-0.1, -0.05) is 30.3 Å². The Labute approximate surface area is 117 Å². The molecule has 1 heterocycles. The minimum Gasteiger partial charge on any atom is -0.338 e.